The number of fused-ring (bicyclic) bond motifs is 3. The molecule has 0 bridgehead atoms. The fourth-order valence-electron chi connectivity index (χ4n) is 6.66. The van der Waals surface area contributed by atoms with Gasteiger partial charge in [-0.3, -0.25) is 9.59 Å². The van der Waals surface area contributed by atoms with Crippen LogP contribution in [-0.4, -0.2) is 47.9 Å². The van der Waals surface area contributed by atoms with Gasteiger partial charge in [0.1, 0.15) is 17.1 Å². The van der Waals surface area contributed by atoms with Gasteiger partial charge in [-0.1, -0.05) is 6.07 Å². The van der Waals surface area contributed by atoms with Gasteiger partial charge in [-0.25, -0.2) is 9.59 Å². The second-order valence-corrected chi connectivity index (χ2v) is 12.1. The zero-order valence-corrected chi connectivity index (χ0v) is 25.8. The van der Waals surface area contributed by atoms with Gasteiger partial charge in [-0.05, 0) is 91.8 Å². The lowest BCUT2D eigenvalue weighted by atomic mass is 9.90. The predicted octanol–water partition coefficient (Wildman–Crippen LogP) is 6.03. The second kappa shape index (κ2) is 14.0. The van der Waals surface area contributed by atoms with Crippen LogP contribution in [0.4, 0.5) is 4.79 Å². The summed E-state index contributed by atoms with van der Waals surface area (Å²) in [5.74, 6) is 6.66. The summed E-state index contributed by atoms with van der Waals surface area (Å²) in [6.07, 6.45) is 5.82. The van der Waals surface area contributed by atoms with Crippen molar-refractivity contribution in [1.29, 1.82) is 0 Å². The molecular weight excluding hydrogens is 600 g/mol. The molecule has 0 spiro atoms. The average Bonchev–Trinajstić information content (AvgIpc) is 3.69. The van der Waals surface area contributed by atoms with Gasteiger partial charge in [0.2, 0.25) is 0 Å². The highest BCUT2D eigenvalue weighted by atomic mass is 16.5. The number of benzene rings is 3. The Morgan fingerprint density at radius 3 is 2.34 bits per heavy atom. The summed E-state index contributed by atoms with van der Waals surface area (Å²) in [4.78, 5) is 49.5. The number of amides is 2. The van der Waals surface area contributed by atoms with Gasteiger partial charge < -0.3 is 30.0 Å². The van der Waals surface area contributed by atoms with Crippen LogP contribution in [0.25, 0.3) is 33.4 Å². The number of aromatic carboxylic acids is 1. The third-order valence-corrected chi connectivity index (χ3v) is 9.11. The Morgan fingerprint density at radius 1 is 0.872 bits per heavy atom. The number of ether oxygens (including phenoxy) is 1. The molecule has 1 saturated carbocycles. The molecule has 0 radical (unpaired) electrons. The minimum atomic E-state index is -1.22. The maximum atomic E-state index is 12.9. The first kappa shape index (κ1) is 31.7. The van der Waals surface area contributed by atoms with E-state index in [0.717, 1.165) is 38.5 Å². The van der Waals surface area contributed by atoms with Crippen LogP contribution in [0.3, 0.4) is 0 Å². The van der Waals surface area contributed by atoms with Gasteiger partial charge >= 0.3 is 12.1 Å². The molecular formula is C37H36N2O8. The standard InChI is InChI=1S/C37H36N2O8/c40-23-11-14-28-32(19-23)47-33-20-24(41)12-15-29(33)34(28)27-13-10-22(18-30(27)36(43)44)35(42)38-16-6-3-7-17-39-37(45)46-21-31-25-8-4-1-2-5-9-26(25)31/h10-15,18-20,25-26,31,40H,3-9,16-17,21H2,(H,38,42)(H,39,45)(H,43,44)/t25-,26+,31?. The number of carbonyl (C=O) groups is 3. The van der Waals surface area contributed by atoms with Crippen molar-refractivity contribution in [3.05, 3.63) is 75.9 Å². The molecule has 1 unspecified atom stereocenters. The van der Waals surface area contributed by atoms with Gasteiger partial charge in [0, 0.05) is 60.1 Å². The zero-order valence-electron chi connectivity index (χ0n) is 25.8. The molecule has 3 atom stereocenters. The highest BCUT2D eigenvalue weighted by molar-refractivity contribution is 6.09. The fourth-order valence-corrected chi connectivity index (χ4v) is 6.66. The highest BCUT2D eigenvalue weighted by Gasteiger charge is 2.49. The number of nitrogens with one attached hydrogen (secondary N) is 2. The van der Waals surface area contributed by atoms with Gasteiger partial charge in [0.05, 0.1) is 12.2 Å². The summed E-state index contributed by atoms with van der Waals surface area (Å²) in [7, 11) is 0. The third kappa shape index (κ3) is 7.25. The van der Waals surface area contributed by atoms with Crippen molar-refractivity contribution in [2.24, 2.45) is 17.8 Å². The number of carboxylic acids is 1. The van der Waals surface area contributed by atoms with Gasteiger partial charge in [-0.2, -0.15) is 0 Å². The molecule has 47 heavy (non-hydrogen) atoms. The Balaban J connectivity index is 1.01. The molecule has 3 aliphatic carbocycles. The van der Waals surface area contributed by atoms with E-state index in [1.807, 2.05) is 0 Å². The smallest absolute Gasteiger partial charge is 0.407 e. The average molecular weight is 637 g/mol. The van der Waals surface area contributed by atoms with E-state index in [2.05, 4.69) is 22.5 Å². The number of alkyl carbamates (subject to hydrolysis) is 1. The summed E-state index contributed by atoms with van der Waals surface area (Å²) >= 11 is 0. The van der Waals surface area contributed by atoms with Crippen molar-refractivity contribution in [2.45, 2.75) is 44.9 Å². The Hall–Kier alpha value is -5.30. The van der Waals surface area contributed by atoms with Gasteiger partial charge in [0.15, 0.2) is 5.43 Å². The van der Waals surface area contributed by atoms with Crippen LogP contribution in [0.1, 0.15) is 65.7 Å². The van der Waals surface area contributed by atoms with E-state index in [4.69, 9.17) is 9.15 Å². The number of carbonyl (C=O) groups excluding carboxylic acids is 2. The molecule has 0 aromatic heterocycles. The quantitative estimate of drug-likeness (QED) is 0.0883. The molecule has 6 rings (SSSR count). The molecule has 2 aromatic rings. The summed E-state index contributed by atoms with van der Waals surface area (Å²) in [5, 5.41) is 26.3. The first-order valence-electron chi connectivity index (χ1n) is 16.0. The number of hydrogen-bond acceptors (Lipinski definition) is 7. The molecule has 0 saturated heterocycles. The monoisotopic (exact) mass is 636 g/mol. The molecule has 10 nitrogen and oxygen atoms in total. The Labute approximate surface area is 271 Å². The third-order valence-electron chi connectivity index (χ3n) is 9.11. The zero-order chi connectivity index (χ0) is 32.9. The minimum Gasteiger partial charge on any atom is -0.508 e. The molecule has 2 amide bonds. The molecule has 242 valence electrons. The van der Waals surface area contributed by atoms with Crippen LogP contribution in [0, 0.1) is 29.6 Å². The number of hydrogen-bond donors (Lipinski definition) is 4. The van der Waals surface area contributed by atoms with Gasteiger partial charge in [-0.15, -0.1) is 11.8 Å². The van der Waals surface area contributed by atoms with E-state index in [1.54, 1.807) is 24.3 Å². The van der Waals surface area contributed by atoms with Crippen LogP contribution < -0.4 is 16.1 Å². The molecule has 1 fully saturated rings. The lowest BCUT2D eigenvalue weighted by molar-refractivity contribution is 0.0697. The lowest BCUT2D eigenvalue weighted by Crippen LogP contribution is -2.27. The first-order chi connectivity index (χ1) is 22.8. The van der Waals surface area contributed by atoms with Crippen LogP contribution >= 0.6 is 0 Å². The highest BCUT2D eigenvalue weighted by Crippen LogP contribution is 2.52. The summed E-state index contributed by atoms with van der Waals surface area (Å²) in [6, 6.07) is 13.2. The van der Waals surface area contributed by atoms with E-state index in [0.29, 0.717) is 65.9 Å². The number of unbranched alkanes of at least 4 members (excludes halogenated alkanes) is 2. The topological polar surface area (TPSA) is 155 Å². The molecule has 1 heterocycles. The van der Waals surface area contributed by atoms with Crippen molar-refractivity contribution < 1.29 is 33.8 Å². The van der Waals surface area contributed by atoms with E-state index < -0.39 is 18.0 Å². The fraction of sp³-hybridized carbons (Fsp3) is 0.351. The van der Waals surface area contributed by atoms with Crippen molar-refractivity contribution in [2.75, 3.05) is 19.7 Å². The predicted molar refractivity (Wildman–Crippen MR) is 175 cm³/mol. The molecule has 2 aromatic carbocycles. The van der Waals surface area contributed by atoms with E-state index in [1.165, 1.54) is 30.3 Å². The van der Waals surface area contributed by atoms with E-state index >= 15 is 0 Å². The number of carboxylic acid groups (broad SMARTS) is 1. The minimum absolute atomic E-state index is 0.0443. The first-order valence-corrected chi connectivity index (χ1v) is 16.0. The van der Waals surface area contributed by atoms with Gasteiger partial charge in [0.25, 0.3) is 5.91 Å². The normalized spacial score (nSPS) is 18.3. The summed E-state index contributed by atoms with van der Waals surface area (Å²) in [5.41, 5.74) is 1.47. The lowest BCUT2D eigenvalue weighted by Gasteiger charge is -2.17. The van der Waals surface area contributed by atoms with Crippen molar-refractivity contribution >= 4 is 28.9 Å². The van der Waals surface area contributed by atoms with E-state index in [-0.39, 0.29) is 33.6 Å². The maximum Gasteiger partial charge on any atom is 0.407 e. The van der Waals surface area contributed by atoms with Crippen LogP contribution in [0.15, 0.2) is 63.8 Å². The van der Waals surface area contributed by atoms with Crippen molar-refractivity contribution in [3.63, 3.8) is 0 Å². The van der Waals surface area contributed by atoms with Crippen molar-refractivity contribution in [1.82, 2.24) is 10.6 Å². The van der Waals surface area contributed by atoms with Crippen molar-refractivity contribution in [3.8, 4) is 40.0 Å². The molecule has 4 aliphatic rings. The van der Waals surface area contributed by atoms with Crippen LogP contribution in [0.5, 0.6) is 5.75 Å². The number of rotatable bonds is 11. The Kier molecular flexibility index (Phi) is 9.43. The largest absolute Gasteiger partial charge is 0.508 e. The molecule has 1 aliphatic heterocycles. The summed E-state index contributed by atoms with van der Waals surface area (Å²) < 4.78 is 11.3. The Bertz CT molecular complexity index is 1900. The SMILES string of the molecule is O=C(NCCCCCNC(=O)c1ccc(-c2c3ccc(=O)cc-3oc3cc(O)ccc23)c(C(=O)O)c1)OCC1[C@H]2CCC#CCC[C@@H]12. The number of phenols is 1. The second-order valence-electron chi connectivity index (χ2n) is 12.1. The molecule has 10 heteroatoms. The molecule has 4 N–H and O–H groups in total. The number of aromatic hydroxyl groups is 1. The number of phenolic OH excluding ortho intramolecular Hbond substituents is 1. The van der Waals surface area contributed by atoms with Crippen LogP contribution in [0.2, 0.25) is 0 Å². The van der Waals surface area contributed by atoms with Crippen LogP contribution in [-0.2, 0) is 4.74 Å². The van der Waals surface area contributed by atoms with E-state index in [9.17, 15) is 29.4 Å². The summed E-state index contributed by atoms with van der Waals surface area (Å²) in [6.45, 7) is 1.32. The Morgan fingerprint density at radius 2 is 1.60 bits per heavy atom. The maximum absolute atomic E-state index is 12.9.